The highest BCUT2D eigenvalue weighted by molar-refractivity contribution is 5.72. The first kappa shape index (κ1) is 24.9. The number of pyridine rings is 1. The van der Waals surface area contributed by atoms with Crippen LogP contribution in [0.3, 0.4) is 0 Å². The summed E-state index contributed by atoms with van der Waals surface area (Å²) in [6.45, 7) is 8.93. The van der Waals surface area contributed by atoms with Gasteiger partial charge in [0.1, 0.15) is 5.82 Å². The van der Waals surface area contributed by atoms with Crippen molar-refractivity contribution < 1.29 is 0 Å². The average molecular weight is 466 g/mol. The molecule has 1 saturated carbocycles. The Bertz CT molecular complexity index is 864. The first-order valence-electron chi connectivity index (χ1n) is 13.4. The first-order chi connectivity index (χ1) is 16.7. The molecule has 0 radical (unpaired) electrons. The summed E-state index contributed by atoms with van der Waals surface area (Å²) >= 11 is 0. The monoisotopic (exact) mass is 465 g/mol. The van der Waals surface area contributed by atoms with Crippen molar-refractivity contribution in [2.45, 2.75) is 70.8 Å². The normalized spacial score (nSPS) is 18.5. The fourth-order valence-corrected chi connectivity index (χ4v) is 4.92. The van der Waals surface area contributed by atoms with E-state index < -0.39 is 0 Å². The molecule has 2 aromatic rings. The number of nitrogens with one attached hydrogen (secondary N) is 2. The second-order valence-electron chi connectivity index (χ2n) is 10.0. The van der Waals surface area contributed by atoms with Crippen LogP contribution in [0.5, 0.6) is 0 Å². The molecule has 0 bridgehead atoms. The maximum absolute atomic E-state index is 4.87. The highest BCUT2D eigenvalue weighted by atomic mass is 15.2. The second-order valence-corrected chi connectivity index (χ2v) is 10.0. The highest BCUT2D eigenvalue weighted by Crippen LogP contribution is 2.29. The lowest BCUT2D eigenvalue weighted by atomic mass is 9.95. The molecule has 7 heteroatoms. The van der Waals surface area contributed by atoms with E-state index >= 15 is 0 Å². The van der Waals surface area contributed by atoms with Gasteiger partial charge in [-0.2, -0.15) is 4.98 Å². The van der Waals surface area contributed by atoms with Gasteiger partial charge in [0.25, 0.3) is 0 Å². The standard InChI is InChI=1S/C27H43N7/c1-3-4-14-28-27-30-21-24(26(32-27)31-23-9-6-5-7-10-23)25-12-11-22(20-29-25)13-17-34-16-8-15-33(2)18-19-34/h11-12,20-21,23H,3-10,13-19H2,1-2H3,(H2,28,30,31,32). The molecule has 2 N–H and O–H groups in total. The van der Waals surface area contributed by atoms with Crippen molar-refractivity contribution in [1.29, 1.82) is 0 Å². The van der Waals surface area contributed by atoms with E-state index in [2.05, 4.69) is 51.5 Å². The lowest BCUT2D eigenvalue weighted by molar-refractivity contribution is 0.279. The Morgan fingerprint density at radius 1 is 0.971 bits per heavy atom. The summed E-state index contributed by atoms with van der Waals surface area (Å²) in [4.78, 5) is 19.3. The minimum atomic E-state index is 0.484. The SMILES string of the molecule is CCCCNc1ncc(-c2ccc(CCN3CCCN(C)CC3)cn2)c(NC2CCCCC2)n1. The van der Waals surface area contributed by atoms with Gasteiger partial charge in [0.05, 0.1) is 11.3 Å². The highest BCUT2D eigenvalue weighted by Gasteiger charge is 2.18. The van der Waals surface area contributed by atoms with Crippen molar-refractivity contribution in [2.75, 3.05) is 56.9 Å². The van der Waals surface area contributed by atoms with Gasteiger partial charge in [0.2, 0.25) is 5.95 Å². The molecule has 0 unspecified atom stereocenters. The van der Waals surface area contributed by atoms with Gasteiger partial charge >= 0.3 is 0 Å². The second kappa shape index (κ2) is 13.0. The molecule has 2 aliphatic rings. The molecule has 0 spiro atoms. The number of anilines is 2. The van der Waals surface area contributed by atoms with Crippen LogP contribution in [-0.4, -0.2) is 77.1 Å². The number of hydrogen-bond acceptors (Lipinski definition) is 7. The molecule has 34 heavy (non-hydrogen) atoms. The fourth-order valence-electron chi connectivity index (χ4n) is 4.92. The number of unbranched alkanes of at least 4 members (excludes halogenated alkanes) is 1. The predicted octanol–water partition coefficient (Wildman–Crippen LogP) is 4.68. The third-order valence-corrected chi connectivity index (χ3v) is 7.18. The fraction of sp³-hybridized carbons (Fsp3) is 0.667. The summed E-state index contributed by atoms with van der Waals surface area (Å²) in [6, 6.07) is 4.85. The number of hydrogen-bond donors (Lipinski definition) is 2. The maximum atomic E-state index is 4.87. The van der Waals surface area contributed by atoms with E-state index in [9.17, 15) is 0 Å². The van der Waals surface area contributed by atoms with Crippen molar-refractivity contribution in [2.24, 2.45) is 0 Å². The zero-order valence-electron chi connectivity index (χ0n) is 21.2. The molecule has 3 heterocycles. The molecule has 7 nitrogen and oxygen atoms in total. The van der Waals surface area contributed by atoms with E-state index in [1.807, 2.05) is 12.4 Å². The molecule has 1 aliphatic heterocycles. The van der Waals surface area contributed by atoms with E-state index in [1.165, 1.54) is 57.2 Å². The molecule has 186 valence electrons. The van der Waals surface area contributed by atoms with Gasteiger partial charge in [-0.3, -0.25) is 4.98 Å². The topological polar surface area (TPSA) is 69.2 Å². The minimum Gasteiger partial charge on any atom is -0.367 e. The molecule has 0 aromatic carbocycles. The quantitative estimate of drug-likeness (QED) is 0.494. The molecule has 0 atom stereocenters. The van der Waals surface area contributed by atoms with Crippen molar-refractivity contribution >= 4 is 11.8 Å². The Labute approximate surface area is 205 Å². The van der Waals surface area contributed by atoms with Gasteiger partial charge in [-0.1, -0.05) is 38.7 Å². The van der Waals surface area contributed by atoms with Crippen LogP contribution in [0.2, 0.25) is 0 Å². The van der Waals surface area contributed by atoms with Crippen molar-refractivity contribution in [3.63, 3.8) is 0 Å². The summed E-state index contributed by atoms with van der Waals surface area (Å²) in [6.07, 6.45) is 14.9. The largest absolute Gasteiger partial charge is 0.367 e. The third-order valence-electron chi connectivity index (χ3n) is 7.18. The van der Waals surface area contributed by atoms with E-state index in [0.29, 0.717) is 12.0 Å². The van der Waals surface area contributed by atoms with E-state index in [4.69, 9.17) is 9.97 Å². The van der Waals surface area contributed by atoms with Gasteiger partial charge in [0, 0.05) is 44.6 Å². The molecule has 2 fully saturated rings. The van der Waals surface area contributed by atoms with Crippen LogP contribution in [0.1, 0.15) is 63.9 Å². The molecule has 0 amide bonds. The van der Waals surface area contributed by atoms with Gasteiger partial charge in [-0.15, -0.1) is 0 Å². The summed E-state index contributed by atoms with van der Waals surface area (Å²) in [5, 5.41) is 7.11. The molecular weight excluding hydrogens is 422 g/mol. The van der Waals surface area contributed by atoms with Crippen LogP contribution >= 0.6 is 0 Å². The van der Waals surface area contributed by atoms with Crippen LogP contribution in [0, 0.1) is 0 Å². The zero-order valence-corrected chi connectivity index (χ0v) is 21.2. The summed E-state index contributed by atoms with van der Waals surface area (Å²) in [7, 11) is 2.22. The first-order valence-corrected chi connectivity index (χ1v) is 13.4. The van der Waals surface area contributed by atoms with Gasteiger partial charge in [-0.05, 0) is 63.9 Å². The summed E-state index contributed by atoms with van der Waals surface area (Å²) < 4.78 is 0. The zero-order chi connectivity index (χ0) is 23.6. The molecule has 1 aliphatic carbocycles. The van der Waals surface area contributed by atoms with Crippen molar-refractivity contribution in [1.82, 2.24) is 24.8 Å². The van der Waals surface area contributed by atoms with Crippen LogP contribution in [0.25, 0.3) is 11.3 Å². The lowest BCUT2D eigenvalue weighted by Crippen LogP contribution is -2.30. The van der Waals surface area contributed by atoms with Crippen molar-refractivity contribution in [3.05, 3.63) is 30.1 Å². The van der Waals surface area contributed by atoms with Gasteiger partial charge in [-0.25, -0.2) is 4.98 Å². The van der Waals surface area contributed by atoms with Crippen LogP contribution in [0.15, 0.2) is 24.5 Å². The van der Waals surface area contributed by atoms with Crippen LogP contribution < -0.4 is 10.6 Å². The minimum absolute atomic E-state index is 0.484. The lowest BCUT2D eigenvalue weighted by Gasteiger charge is -2.24. The Kier molecular flexibility index (Phi) is 9.51. The average Bonchev–Trinajstić information content (AvgIpc) is 3.08. The Hall–Kier alpha value is -2.25. The molecule has 1 saturated heterocycles. The molecule has 4 rings (SSSR count). The van der Waals surface area contributed by atoms with E-state index in [-0.39, 0.29) is 0 Å². The summed E-state index contributed by atoms with van der Waals surface area (Å²) in [5.74, 6) is 1.62. The van der Waals surface area contributed by atoms with E-state index in [1.54, 1.807) is 0 Å². The Balaban J connectivity index is 1.43. The van der Waals surface area contributed by atoms with Crippen LogP contribution in [-0.2, 0) is 6.42 Å². The number of likely N-dealkylation sites (N-methyl/N-ethyl adjacent to an activating group) is 1. The van der Waals surface area contributed by atoms with Crippen LogP contribution in [0.4, 0.5) is 11.8 Å². The van der Waals surface area contributed by atoms with Gasteiger partial charge < -0.3 is 20.4 Å². The van der Waals surface area contributed by atoms with E-state index in [0.717, 1.165) is 62.5 Å². The molecule has 2 aromatic heterocycles. The summed E-state index contributed by atoms with van der Waals surface area (Å²) in [5.41, 5.74) is 3.23. The predicted molar refractivity (Wildman–Crippen MR) is 141 cm³/mol. The number of rotatable bonds is 10. The maximum Gasteiger partial charge on any atom is 0.224 e. The molecular formula is C27H43N7. The van der Waals surface area contributed by atoms with Gasteiger partial charge in [0.15, 0.2) is 0 Å². The smallest absolute Gasteiger partial charge is 0.224 e. The Morgan fingerprint density at radius 3 is 2.65 bits per heavy atom. The third kappa shape index (κ3) is 7.37. The Morgan fingerprint density at radius 2 is 1.85 bits per heavy atom. The van der Waals surface area contributed by atoms with Crippen molar-refractivity contribution in [3.8, 4) is 11.3 Å². The number of nitrogens with zero attached hydrogens (tertiary/aromatic N) is 5. The number of aromatic nitrogens is 3.